The monoisotopic (exact) mass is 364 g/mol. The van der Waals surface area contributed by atoms with Crippen molar-refractivity contribution in [3.63, 3.8) is 0 Å². The van der Waals surface area contributed by atoms with Gasteiger partial charge in [0.05, 0.1) is 11.7 Å². The third-order valence-electron chi connectivity index (χ3n) is 4.30. The SMILES string of the molecule is Cl.O=C(Nc1cccc2c1OCCO2)c1ccn(C2CCCNC2)n1. The molecule has 2 aliphatic heterocycles. The van der Waals surface area contributed by atoms with Gasteiger partial charge in [-0.25, -0.2) is 0 Å². The minimum atomic E-state index is -0.250. The van der Waals surface area contributed by atoms with Crippen LogP contribution in [0.15, 0.2) is 30.5 Å². The Morgan fingerprint density at radius 3 is 3.00 bits per heavy atom. The summed E-state index contributed by atoms with van der Waals surface area (Å²) < 4.78 is 13.0. The number of halogens is 1. The van der Waals surface area contributed by atoms with Gasteiger partial charge in [-0.2, -0.15) is 5.10 Å². The van der Waals surface area contributed by atoms with Crippen LogP contribution in [0.2, 0.25) is 0 Å². The predicted octanol–water partition coefficient (Wildman–Crippen LogP) is 2.25. The number of nitrogens with one attached hydrogen (secondary N) is 2. The molecule has 4 rings (SSSR count). The summed E-state index contributed by atoms with van der Waals surface area (Å²) in [5, 5.41) is 10.7. The minimum absolute atomic E-state index is 0. The van der Waals surface area contributed by atoms with E-state index in [1.54, 1.807) is 12.1 Å². The molecule has 1 atom stereocenters. The molecule has 3 heterocycles. The highest BCUT2D eigenvalue weighted by Crippen LogP contribution is 2.37. The molecule has 134 valence electrons. The number of para-hydroxylation sites is 1. The number of rotatable bonds is 3. The molecule has 1 amide bonds. The topological polar surface area (TPSA) is 77.4 Å². The normalized spacial score (nSPS) is 19.0. The van der Waals surface area contributed by atoms with Crippen molar-refractivity contribution in [2.45, 2.75) is 18.9 Å². The van der Waals surface area contributed by atoms with Crippen LogP contribution < -0.4 is 20.1 Å². The lowest BCUT2D eigenvalue weighted by Crippen LogP contribution is -2.32. The van der Waals surface area contributed by atoms with Crippen LogP contribution in [-0.2, 0) is 0 Å². The van der Waals surface area contributed by atoms with E-state index in [2.05, 4.69) is 15.7 Å². The van der Waals surface area contributed by atoms with Crippen molar-refractivity contribution >= 4 is 24.0 Å². The Morgan fingerprint density at radius 2 is 2.16 bits per heavy atom. The van der Waals surface area contributed by atoms with Gasteiger partial charge in [-0.1, -0.05) is 6.07 Å². The molecular formula is C17H21ClN4O3. The van der Waals surface area contributed by atoms with E-state index < -0.39 is 0 Å². The average Bonchev–Trinajstić information content (AvgIpc) is 3.13. The number of carbonyl (C=O) groups is 1. The summed E-state index contributed by atoms with van der Waals surface area (Å²) in [4.78, 5) is 12.5. The molecule has 2 N–H and O–H groups in total. The number of carbonyl (C=O) groups excluding carboxylic acids is 1. The first-order valence-corrected chi connectivity index (χ1v) is 8.27. The van der Waals surface area contributed by atoms with E-state index in [0.29, 0.717) is 42.1 Å². The number of hydrogen-bond donors (Lipinski definition) is 2. The molecule has 1 fully saturated rings. The number of piperidine rings is 1. The van der Waals surface area contributed by atoms with Crippen molar-refractivity contribution in [3.05, 3.63) is 36.2 Å². The van der Waals surface area contributed by atoms with Crippen LogP contribution in [0.5, 0.6) is 11.5 Å². The zero-order chi connectivity index (χ0) is 16.4. The largest absolute Gasteiger partial charge is 0.486 e. The molecule has 25 heavy (non-hydrogen) atoms. The van der Waals surface area contributed by atoms with Gasteiger partial charge in [-0.05, 0) is 37.6 Å². The van der Waals surface area contributed by atoms with Crippen molar-refractivity contribution in [2.75, 3.05) is 31.6 Å². The molecule has 0 spiro atoms. The van der Waals surface area contributed by atoms with E-state index in [4.69, 9.17) is 9.47 Å². The summed E-state index contributed by atoms with van der Waals surface area (Å²) >= 11 is 0. The second kappa shape index (κ2) is 7.76. The van der Waals surface area contributed by atoms with E-state index in [9.17, 15) is 4.79 Å². The summed E-state index contributed by atoms with van der Waals surface area (Å²) in [6, 6.07) is 7.51. The third-order valence-corrected chi connectivity index (χ3v) is 4.30. The zero-order valence-electron chi connectivity index (χ0n) is 13.7. The number of hydrogen-bond acceptors (Lipinski definition) is 5. The van der Waals surface area contributed by atoms with Gasteiger partial charge in [0.25, 0.3) is 5.91 Å². The molecule has 1 unspecified atom stereocenters. The first-order chi connectivity index (χ1) is 11.8. The van der Waals surface area contributed by atoms with Gasteiger partial charge in [0, 0.05) is 12.7 Å². The van der Waals surface area contributed by atoms with Crippen molar-refractivity contribution in [3.8, 4) is 11.5 Å². The lowest BCUT2D eigenvalue weighted by molar-refractivity contribution is 0.101. The van der Waals surface area contributed by atoms with Crippen molar-refractivity contribution in [2.24, 2.45) is 0 Å². The number of aromatic nitrogens is 2. The van der Waals surface area contributed by atoms with Crippen LogP contribution in [0.25, 0.3) is 0 Å². The highest BCUT2D eigenvalue weighted by Gasteiger charge is 2.20. The molecule has 0 radical (unpaired) electrons. The maximum Gasteiger partial charge on any atom is 0.276 e. The van der Waals surface area contributed by atoms with E-state index in [1.807, 2.05) is 23.0 Å². The van der Waals surface area contributed by atoms with Crippen LogP contribution in [0.4, 0.5) is 5.69 Å². The molecule has 7 nitrogen and oxygen atoms in total. The predicted molar refractivity (Wildman–Crippen MR) is 96.0 cm³/mol. The lowest BCUT2D eigenvalue weighted by atomic mass is 10.1. The first-order valence-electron chi connectivity index (χ1n) is 8.27. The maximum atomic E-state index is 12.5. The summed E-state index contributed by atoms with van der Waals surface area (Å²) in [7, 11) is 0. The summed E-state index contributed by atoms with van der Waals surface area (Å²) in [5.41, 5.74) is 1.00. The Bertz CT molecular complexity index is 743. The Kier molecular flexibility index (Phi) is 5.45. The number of amides is 1. The van der Waals surface area contributed by atoms with Gasteiger partial charge >= 0.3 is 0 Å². The van der Waals surface area contributed by atoms with Gasteiger partial charge in [0.2, 0.25) is 0 Å². The van der Waals surface area contributed by atoms with E-state index in [-0.39, 0.29) is 18.3 Å². The maximum absolute atomic E-state index is 12.5. The quantitative estimate of drug-likeness (QED) is 0.873. The minimum Gasteiger partial charge on any atom is -0.486 e. The molecule has 2 aromatic rings. The Morgan fingerprint density at radius 1 is 1.28 bits per heavy atom. The fourth-order valence-corrected chi connectivity index (χ4v) is 3.08. The Labute approximate surface area is 152 Å². The third kappa shape index (κ3) is 3.72. The highest BCUT2D eigenvalue weighted by atomic mass is 35.5. The van der Waals surface area contributed by atoms with Crippen molar-refractivity contribution in [1.29, 1.82) is 0 Å². The second-order valence-electron chi connectivity index (χ2n) is 5.97. The average molecular weight is 365 g/mol. The molecule has 0 bridgehead atoms. The number of nitrogens with zero attached hydrogens (tertiary/aromatic N) is 2. The standard InChI is InChI=1S/C17H20N4O3.ClH/c22-17(14-6-8-21(20-14)12-3-2-7-18-11-12)19-13-4-1-5-15-16(13)24-10-9-23-15;/h1,4-6,8,12,18H,2-3,7,9-11H2,(H,19,22);1H. The van der Waals surface area contributed by atoms with E-state index in [1.165, 1.54) is 0 Å². The van der Waals surface area contributed by atoms with Crippen LogP contribution in [-0.4, -0.2) is 42.0 Å². The highest BCUT2D eigenvalue weighted by molar-refractivity contribution is 6.03. The van der Waals surface area contributed by atoms with Crippen LogP contribution in [0.3, 0.4) is 0 Å². The lowest BCUT2D eigenvalue weighted by Gasteiger charge is -2.23. The summed E-state index contributed by atoms with van der Waals surface area (Å²) in [6.45, 7) is 2.93. The molecular weight excluding hydrogens is 344 g/mol. The van der Waals surface area contributed by atoms with Gasteiger partial charge in [0.1, 0.15) is 13.2 Å². The van der Waals surface area contributed by atoms with Gasteiger partial charge in [-0.3, -0.25) is 9.48 Å². The van der Waals surface area contributed by atoms with E-state index >= 15 is 0 Å². The zero-order valence-corrected chi connectivity index (χ0v) is 14.6. The second-order valence-corrected chi connectivity index (χ2v) is 5.97. The van der Waals surface area contributed by atoms with Gasteiger partial charge < -0.3 is 20.1 Å². The van der Waals surface area contributed by atoms with E-state index in [0.717, 1.165) is 25.9 Å². The Hall–Kier alpha value is -2.25. The van der Waals surface area contributed by atoms with Gasteiger partial charge in [0.15, 0.2) is 17.2 Å². The van der Waals surface area contributed by atoms with Crippen molar-refractivity contribution < 1.29 is 14.3 Å². The molecule has 2 aliphatic rings. The summed E-state index contributed by atoms with van der Waals surface area (Å²) in [6.07, 6.45) is 4.07. The number of fused-ring (bicyclic) bond motifs is 1. The fourth-order valence-electron chi connectivity index (χ4n) is 3.08. The van der Waals surface area contributed by atoms with Gasteiger partial charge in [-0.15, -0.1) is 12.4 Å². The molecule has 0 aliphatic carbocycles. The van der Waals surface area contributed by atoms with Crippen LogP contribution in [0.1, 0.15) is 29.4 Å². The number of ether oxygens (including phenoxy) is 2. The van der Waals surface area contributed by atoms with Crippen molar-refractivity contribution in [1.82, 2.24) is 15.1 Å². The molecule has 0 saturated carbocycles. The molecule has 1 saturated heterocycles. The first kappa shape index (κ1) is 17.6. The van der Waals surface area contributed by atoms with Crippen LogP contribution in [0, 0.1) is 0 Å². The molecule has 1 aromatic carbocycles. The molecule has 8 heteroatoms. The van der Waals surface area contributed by atoms with Crippen LogP contribution >= 0.6 is 12.4 Å². The number of benzene rings is 1. The Balaban J connectivity index is 0.00000182. The smallest absolute Gasteiger partial charge is 0.276 e. The molecule has 1 aromatic heterocycles. The summed E-state index contributed by atoms with van der Waals surface area (Å²) in [5.74, 6) is 0.978. The fraction of sp³-hybridized carbons (Fsp3) is 0.412. The number of anilines is 1.